The molecule has 0 bridgehead atoms. The first-order chi connectivity index (χ1) is 9.47. The third-order valence-corrected chi connectivity index (χ3v) is 3.67. The lowest BCUT2D eigenvalue weighted by molar-refractivity contribution is -0.115. The van der Waals surface area contributed by atoms with Gasteiger partial charge in [-0.15, -0.1) is 0 Å². The Bertz CT molecular complexity index is 630. The van der Waals surface area contributed by atoms with Crippen LogP contribution in [-0.4, -0.2) is 5.91 Å². The minimum absolute atomic E-state index is 0.132. The van der Waals surface area contributed by atoms with Crippen LogP contribution < -0.4 is 5.32 Å². The Balaban J connectivity index is 2.15. The largest absolute Gasteiger partial charge is 0.324 e. The van der Waals surface area contributed by atoms with Crippen molar-refractivity contribution >= 4 is 34.8 Å². The summed E-state index contributed by atoms with van der Waals surface area (Å²) in [5.74, 6) is -0.132. The second kappa shape index (κ2) is 6.29. The molecule has 0 saturated carbocycles. The zero-order valence-electron chi connectivity index (χ0n) is 11.3. The van der Waals surface area contributed by atoms with E-state index in [1.807, 2.05) is 44.2 Å². The smallest absolute Gasteiger partial charge is 0.228 e. The van der Waals surface area contributed by atoms with Gasteiger partial charge in [-0.3, -0.25) is 4.79 Å². The number of halogens is 2. The minimum atomic E-state index is -0.132. The summed E-state index contributed by atoms with van der Waals surface area (Å²) in [7, 11) is 0. The molecule has 0 unspecified atom stereocenters. The molecular weight excluding hydrogens is 293 g/mol. The summed E-state index contributed by atoms with van der Waals surface area (Å²) in [6.07, 6.45) is 0.226. The van der Waals surface area contributed by atoms with Crippen molar-refractivity contribution in [2.45, 2.75) is 20.3 Å². The van der Waals surface area contributed by atoms with Gasteiger partial charge in [0.1, 0.15) is 0 Å². The predicted octanol–water partition coefficient (Wildman–Crippen LogP) is 4.79. The first kappa shape index (κ1) is 14.9. The Labute approximate surface area is 128 Å². The molecule has 0 aromatic heterocycles. The van der Waals surface area contributed by atoms with Gasteiger partial charge in [0.15, 0.2) is 0 Å². The van der Waals surface area contributed by atoms with E-state index in [0.29, 0.717) is 15.7 Å². The number of carbonyl (C=O) groups is 1. The highest BCUT2D eigenvalue weighted by atomic mass is 35.5. The molecule has 0 atom stereocenters. The number of aryl methyl sites for hydroxylation is 2. The molecule has 0 heterocycles. The van der Waals surface area contributed by atoms with Crippen LogP contribution in [0.4, 0.5) is 5.69 Å². The molecule has 0 saturated heterocycles. The average Bonchev–Trinajstić information content (AvgIpc) is 2.36. The Hall–Kier alpha value is -1.51. The van der Waals surface area contributed by atoms with E-state index in [0.717, 1.165) is 16.7 Å². The molecule has 0 aliphatic carbocycles. The molecule has 1 amide bonds. The first-order valence-electron chi connectivity index (χ1n) is 6.27. The Morgan fingerprint density at radius 2 is 1.80 bits per heavy atom. The van der Waals surface area contributed by atoms with Crippen molar-refractivity contribution in [1.82, 2.24) is 0 Å². The van der Waals surface area contributed by atoms with Gasteiger partial charge in [-0.1, -0.05) is 47.5 Å². The van der Waals surface area contributed by atoms with Crippen molar-refractivity contribution in [2.24, 2.45) is 0 Å². The predicted molar refractivity (Wildman–Crippen MR) is 84.7 cm³/mol. The van der Waals surface area contributed by atoms with Crippen LogP contribution >= 0.6 is 23.2 Å². The quantitative estimate of drug-likeness (QED) is 0.867. The fourth-order valence-corrected chi connectivity index (χ4v) is 2.64. The lowest BCUT2D eigenvalue weighted by Crippen LogP contribution is -2.15. The third kappa shape index (κ3) is 3.53. The molecular formula is C16H15Cl2NO. The average molecular weight is 308 g/mol. The van der Waals surface area contributed by atoms with Gasteiger partial charge in [0.25, 0.3) is 0 Å². The monoisotopic (exact) mass is 307 g/mol. The first-order valence-corrected chi connectivity index (χ1v) is 7.03. The number of carbonyl (C=O) groups excluding carboxylic acids is 1. The maximum atomic E-state index is 12.1. The van der Waals surface area contributed by atoms with Crippen LogP contribution in [-0.2, 0) is 11.2 Å². The van der Waals surface area contributed by atoms with Crippen LogP contribution in [0.5, 0.6) is 0 Å². The number of rotatable bonds is 3. The van der Waals surface area contributed by atoms with E-state index in [-0.39, 0.29) is 12.3 Å². The van der Waals surface area contributed by atoms with Crippen LogP contribution in [0.1, 0.15) is 16.7 Å². The zero-order valence-corrected chi connectivity index (χ0v) is 12.8. The standard InChI is InChI=1S/C16H15Cl2NO/c1-10-7-11(2)16(14(18)8-10)19-15(20)9-12-5-3-4-6-13(12)17/h3-8H,9H2,1-2H3,(H,19,20). The summed E-state index contributed by atoms with van der Waals surface area (Å²) in [4.78, 5) is 12.1. The molecule has 0 spiro atoms. The van der Waals surface area contributed by atoms with E-state index in [4.69, 9.17) is 23.2 Å². The Morgan fingerprint density at radius 1 is 1.10 bits per heavy atom. The molecule has 0 aliphatic rings. The molecule has 0 aliphatic heterocycles. The Morgan fingerprint density at radius 3 is 2.45 bits per heavy atom. The number of nitrogens with one attached hydrogen (secondary N) is 1. The third-order valence-electron chi connectivity index (χ3n) is 3.01. The molecule has 20 heavy (non-hydrogen) atoms. The lowest BCUT2D eigenvalue weighted by atomic mass is 10.1. The zero-order chi connectivity index (χ0) is 14.7. The van der Waals surface area contributed by atoms with Crippen molar-refractivity contribution in [3.8, 4) is 0 Å². The van der Waals surface area contributed by atoms with Crippen molar-refractivity contribution in [2.75, 3.05) is 5.32 Å². The highest BCUT2D eigenvalue weighted by molar-refractivity contribution is 6.34. The molecule has 0 fully saturated rings. The highest BCUT2D eigenvalue weighted by Crippen LogP contribution is 2.27. The van der Waals surface area contributed by atoms with Crippen LogP contribution in [0.3, 0.4) is 0 Å². The van der Waals surface area contributed by atoms with Gasteiger partial charge in [0.05, 0.1) is 17.1 Å². The fraction of sp³-hybridized carbons (Fsp3) is 0.188. The SMILES string of the molecule is Cc1cc(C)c(NC(=O)Cc2ccccc2Cl)c(Cl)c1. The van der Waals surface area contributed by atoms with Crippen LogP contribution in [0.25, 0.3) is 0 Å². The summed E-state index contributed by atoms with van der Waals surface area (Å²) in [6.45, 7) is 3.89. The lowest BCUT2D eigenvalue weighted by Gasteiger charge is -2.12. The summed E-state index contributed by atoms with van der Waals surface area (Å²) < 4.78 is 0. The minimum Gasteiger partial charge on any atom is -0.324 e. The normalized spacial score (nSPS) is 10.4. The number of anilines is 1. The van der Waals surface area contributed by atoms with E-state index in [2.05, 4.69) is 5.32 Å². The van der Waals surface area contributed by atoms with Crippen LogP contribution in [0, 0.1) is 13.8 Å². The maximum Gasteiger partial charge on any atom is 0.228 e. The molecule has 1 N–H and O–H groups in total. The molecule has 2 aromatic rings. The van der Waals surface area contributed by atoms with Gasteiger partial charge in [0.2, 0.25) is 5.91 Å². The number of hydrogen-bond acceptors (Lipinski definition) is 1. The van der Waals surface area contributed by atoms with Gasteiger partial charge in [-0.2, -0.15) is 0 Å². The van der Waals surface area contributed by atoms with Gasteiger partial charge in [0, 0.05) is 5.02 Å². The second-order valence-corrected chi connectivity index (χ2v) is 5.57. The highest BCUT2D eigenvalue weighted by Gasteiger charge is 2.11. The Kier molecular flexibility index (Phi) is 4.69. The van der Waals surface area contributed by atoms with Gasteiger partial charge in [-0.25, -0.2) is 0 Å². The fourth-order valence-electron chi connectivity index (χ4n) is 2.07. The molecule has 2 aromatic carbocycles. The van der Waals surface area contributed by atoms with Crippen molar-refractivity contribution in [3.05, 3.63) is 63.1 Å². The molecule has 2 nitrogen and oxygen atoms in total. The summed E-state index contributed by atoms with van der Waals surface area (Å²) in [5.41, 5.74) is 3.47. The number of benzene rings is 2. The van der Waals surface area contributed by atoms with Gasteiger partial charge < -0.3 is 5.32 Å². The van der Waals surface area contributed by atoms with E-state index < -0.39 is 0 Å². The summed E-state index contributed by atoms with van der Waals surface area (Å²) >= 11 is 12.2. The van der Waals surface area contributed by atoms with Gasteiger partial charge >= 0.3 is 0 Å². The second-order valence-electron chi connectivity index (χ2n) is 4.76. The maximum absolute atomic E-state index is 12.1. The number of hydrogen-bond donors (Lipinski definition) is 1. The van der Waals surface area contributed by atoms with E-state index >= 15 is 0 Å². The molecule has 2 rings (SSSR count). The van der Waals surface area contributed by atoms with Crippen LogP contribution in [0.15, 0.2) is 36.4 Å². The van der Waals surface area contributed by atoms with Crippen LogP contribution in [0.2, 0.25) is 10.0 Å². The molecule has 4 heteroatoms. The van der Waals surface area contributed by atoms with Gasteiger partial charge in [-0.05, 0) is 42.7 Å². The molecule has 104 valence electrons. The number of amides is 1. The van der Waals surface area contributed by atoms with Crippen molar-refractivity contribution < 1.29 is 4.79 Å². The summed E-state index contributed by atoms with van der Waals surface area (Å²) in [5, 5.41) is 3.99. The van der Waals surface area contributed by atoms with Crippen molar-refractivity contribution in [3.63, 3.8) is 0 Å². The van der Waals surface area contributed by atoms with E-state index in [1.54, 1.807) is 6.07 Å². The summed E-state index contributed by atoms with van der Waals surface area (Å²) in [6, 6.07) is 11.1. The van der Waals surface area contributed by atoms with E-state index in [9.17, 15) is 4.79 Å². The van der Waals surface area contributed by atoms with E-state index in [1.165, 1.54) is 0 Å². The topological polar surface area (TPSA) is 29.1 Å². The molecule has 0 radical (unpaired) electrons. The van der Waals surface area contributed by atoms with Crippen molar-refractivity contribution in [1.29, 1.82) is 0 Å².